The van der Waals surface area contributed by atoms with Crippen molar-refractivity contribution in [3.63, 3.8) is 0 Å². The molecule has 19 heavy (non-hydrogen) atoms. The van der Waals surface area contributed by atoms with Gasteiger partial charge in [0.1, 0.15) is 5.82 Å². The van der Waals surface area contributed by atoms with E-state index in [1.165, 1.54) is 12.1 Å². The summed E-state index contributed by atoms with van der Waals surface area (Å²) in [4.78, 5) is -0.0171. The highest BCUT2D eigenvalue weighted by Gasteiger charge is 2.20. The van der Waals surface area contributed by atoms with Gasteiger partial charge in [0, 0.05) is 6.54 Å². The van der Waals surface area contributed by atoms with Crippen LogP contribution in [0.5, 0.6) is 0 Å². The van der Waals surface area contributed by atoms with Gasteiger partial charge in [0.05, 0.1) is 4.90 Å². The molecular formula is C12H18ClFN2O2S. The van der Waals surface area contributed by atoms with Crippen molar-refractivity contribution in [2.45, 2.75) is 18.2 Å². The van der Waals surface area contributed by atoms with E-state index in [9.17, 15) is 12.8 Å². The highest BCUT2D eigenvalue weighted by Crippen LogP contribution is 2.15. The predicted molar refractivity (Wildman–Crippen MR) is 74.6 cm³/mol. The molecule has 1 fully saturated rings. The van der Waals surface area contributed by atoms with Gasteiger partial charge in [-0.05, 0) is 50.0 Å². The Bertz CT molecular complexity index is 531. The molecule has 1 heterocycles. The Labute approximate surface area is 119 Å². The maximum atomic E-state index is 13.3. The minimum Gasteiger partial charge on any atom is -0.316 e. The van der Waals surface area contributed by atoms with Crippen LogP contribution < -0.4 is 10.0 Å². The Kier molecular flexibility index (Phi) is 5.73. The van der Waals surface area contributed by atoms with Gasteiger partial charge in [-0.25, -0.2) is 17.5 Å². The summed E-state index contributed by atoms with van der Waals surface area (Å²) in [5, 5.41) is 3.17. The zero-order chi connectivity index (χ0) is 13.2. The second kappa shape index (κ2) is 6.65. The van der Waals surface area contributed by atoms with Gasteiger partial charge in [-0.2, -0.15) is 0 Å². The third kappa shape index (κ3) is 4.14. The first-order valence-electron chi connectivity index (χ1n) is 5.95. The predicted octanol–water partition coefficient (Wildman–Crippen LogP) is 1.44. The fourth-order valence-corrected chi connectivity index (χ4v) is 3.07. The number of rotatable bonds is 4. The summed E-state index contributed by atoms with van der Waals surface area (Å²) in [6, 6.07) is 3.96. The molecule has 7 heteroatoms. The van der Waals surface area contributed by atoms with Crippen LogP contribution in [0.25, 0.3) is 0 Å². The number of hydrogen-bond acceptors (Lipinski definition) is 3. The summed E-state index contributed by atoms with van der Waals surface area (Å²) in [6.45, 7) is 3.74. The second-order valence-corrected chi connectivity index (χ2v) is 6.39. The number of aryl methyl sites for hydroxylation is 1. The van der Waals surface area contributed by atoms with E-state index in [4.69, 9.17) is 0 Å². The van der Waals surface area contributed by atoms with Crippen LogP contribution in [0.3, 0.4) is 0 Å². The Morgan fingerprint density at radius 2 is 2.21 bits per heavy atom. The smallest absolute Gasteiger partial charge is 0.240 e. The van der Waals surface area contributed by atoms with Crippen molar-refractivity contribution < 1.29 is 12.8 Å². The molecule has 2 rings (SSSR count). The summed E-state index contributed by atoms with van der Waals surface area (Å²) in [6.07, 6.45) is 0.963. The van der Waals surface area contributed by atoms with Crippen molar-refractivity contribution >= 4 is 22.4 Å². The number of sulfonamides is 1. The molecule has 1 unspecified atom stereocenters. The molecule has 1 atom stereocenters. The second-order valence-electron chi connectivity index (χ2n) is 4.62. The molecule has 2 N–H and O–H groups in total. The van der Waals surface area contributed by atoms with E-state index in [2.05, 4.69) is 10.0 Å². The summed E-state index contributed by atoms with van der Waals surface area (Å²) >= 11 is 0. The Balaban J connectivity index is 0.00000180. The summed E-state index contributed by atoms with van der Waals surface area (Å²) in [5.74, 6) is -0.185. The van der Waals surface area contributed by atoms with Crippen LogP contribution in [0.1, 0.15) is 12.0 Å². The van der Waals surface area contributed by atoms with E-state index >= 15 is 0 Å². The Hall–Kier alpha value is -0.690. The summed E-state index contributed by atoms with van der Waals surface area (Å²) in [7, 11) is -3.60. The molecule has 0 spiro atoms. The zero-order valence-electron chi connectivity index (χ0n) is 10.6. The maximum absolute atomic E-state index is 13.3. The lowest BCUT2D eigenvalue weighted by molar-refractivity contribution is 0.537. The molecule has 1 aromatic carbocycles. The third-order valence-corrected chi connectivity index (χ3v) is 4.60. The zero-order valence-corrected chi connectivity index (χ0v) is 12.3. The molecule has 1 saturated heterocycles. The molecule has 0 aromatic heterocycles. The van der Waals surface area contributed by atoms with Gasteiger partial charge in [0.15, 0.2) is 0 Å². The van der Waals surface area contributed by atoms with Crippen LogP contribution in [0.2, 0.25) is 0 Å². The standard InChI is InChI=1S/C12H17FN2O2S.ClH/c1-9-2-3-11(6-12(9)13)18(16,17)15-8-10-4-5-14-7-10;/h2-3,6,10,14-15H,4-5,7-8H2,1H3;1H. The van der Waals surface area contributed by atoms with Crippen LogP contribution in [0, 0.1) is 18.7 Å². The first kappa shape index (κ1) is 16.4. The molecule has 1 aliphatic heterocycles. The first-order chi connectivity index (χ1) is 8.49. The lowest BCUT2D eigenvalue weighted by Gasteiger charge is -2.11. The van der Waals surface area contributed by atoms with E-state index in [0.29, 0.717) is 18.0 Å². The normalized spacial score (nSPS) is 19.2. The van der Waals surface area contributed by atoms with Crippen molar-refractivity contribution in [3.05, 3.63) is 29.6 Å². The highest BCUT2D eigenvalue weighted by molar-refractivity contribution is 7.89. The molecule has 1 aliphatic rings. The monoisotopic (exact) mass is 308 g/mol. The van der Waals surface area contributed by atoms with E-state index < -0.39 is 15.8 Å². The average molecular weight is 309 g/mol. The number of hydrogen-bond donors (Lipinski definition) is 2. The molecule has 0 amide bonds. The quantitative estimate of drug-likeness (QED) is 0.885. The minimum absolute atomic E-state index is 0. The van der Waals surface area contributed by atoms with Crippen LogP contribution in [0.15, 0.2) is 23.1 Å². The van der Waals surface area contributed by atoms with E-state index in [0.717, 1.165) is 25.6 Å². The molecule has 0 aliphatic carbocycles. The van der Waals surface area contributed by atoms with Crippen LogP contribution in [-0.2, 0) is 10.0 Å². The van der Waals surface area contributed by atoms with Gasteiger partial charge >= 0.3 is 0 Å². The van der Waals surface area contributed by atoms with Crippen LogP contribution in [-0.4, -0.2) is 28.1 Å². The van der Waals surface area contributed by atoms with E-state index in [-0.39, 0.29) is 17.3 Å². The lowest BCUT2D eigenvalue weighted by atomic mass is 10.1. The van der Waals surface area contributed by atoms with E-state index in [1.807, 2.05) is 0 Å². The molecule has 0 bridgehead atoms. The van der Waals surface area contributed by atoms with Crippen molar-refractivity contribution in [2.75, 3.05) is 19.6 Å². The fourth-order valence-electron chi connectivity index (χ4n) is 1.94. The largest absolute Gasteiger partial charge is 0.316 e. The first-order valence-corrected chi connectivity index (χ1v) is 7.44. The van der Waals surface area contributed by atoms with Crippen LogP contribution in [0.4, 0.5) is 4.39 Å². The van der Waals surface area contributed by atoms with E-state index in [1.54, 1.807) is 6.92 Å². The maximum Gasteiger partial charge on any atom is 0.240 e. The summed E-state index contributed by atoms with van der Waals surface area (Å²) in [5.41, 5.74) is 0.439. The van der Waals surface area contributed by atoms with Crippen molar-refractivity contribution in [2.24, 2.45) is 5.92 Å². The fraction of sp³-hybridized carbons (Fsp3) is 0.500. The Morgan fingerprint density at radius 3 is 2.79 bits per heavy atom. The molecular weight excluding hydrogens is 291 g/mol. The molecule has 4 nitrogen and oxygen atoms in total. The third-order valence-electron chi connectivity index (χ3n) is 3.18. The lowest BCUT2D eigenvalue weighted by Crippen LogP contribution is -2.30. The number of nitrogens with one attached hydrogen (secondary N) is 2. The van der Waals surface area contributed by atoms with Crippen molar-refractivity contribution in [1.29, 1.82) is 0 Å². The SMILES string of the molecule is Cc1ccc(S(=O)(=O)NCC2CCNC2)cc1F.Cl. The van der Waals surface area contributed by atoms with Gasteiger partial charge in [-0.3, -0.25) is 0 Å². The van der Waals surface area contributed by atoms with Gasteiger partial charge in [0.2, 0.25) is 10.0 Å². The van der Waals surface area contributed by atoms with Gasteiger partial charge < -0.3 is 5.32 Å². The van der Waals surface area contributed by atoms with Gasteiger partial charge in [0.25, 0.3) is 0 Å². The van der Waals surface area contributed by atoms with Gasteiger partial charge in [-0.1, -0.05) is 6.07 Å². The Morgan fingerprint density at radius 1 is 1.47 bits per heavy atom. The highest BCUT2D eigenvalue weighted by atomic mass is 35.5. The minimum atomic E-state index is -3.60. The molecule has 1 aromatic rings. The molecule has 108 valence electrons. The van der Waals surface area contributed by atoms with Crippen LogP contribution >= 0.6 is 12.4 Å². The topological polar surface area (TPSA) is 58.2 Å². The van der Waals surface area contributed by atoms with Crippen molar-refractivity contribution in [1.82, 2.24) is 10.0 Å². The van der Waals surface area contributed by atoms with Crippen molar-refractivity contribution in [3.8, 4) is 0 Å². The number of benzene rings is 1. The van der Waals surface area contributed by atoms with Gasteiger partial charge in [-0.15, -0.1) is 12.4 Å². The molecule has 0 saturated carbocycles. The summed E-state index contributed by atoms with van der Waals surface area (Å²) < 4.78 is 39.8. The number of halogens is 2. The average Bonchev–Trinajstić information content (AvgIpc) is 2.83. The molecule has 0 radical (unpaired) electrons.